The van der Waals surface area contributed by atoms with Crippen LogP contribution in [0.4, 0.5) is 0 Å². The minimum Gasteiger partial charge on any atom is -0.314 e. The Bertz CT molecular complexity index is 194. The zero-order valence-corrected chi connectivity index (χ0v) is 11.5. The van der Waals surface area contributed by atoms with Crippen LogP contribution < -0.4 is 5.32 Å². The van der Waals surface area contributed by atoms with Crippen LogP contribution in [0.5, 0.6) is 0 Å². The van der Waals surface area contributed by atoms with Crippen LogP contribution in [0.1, 0.15) is 39.0 Å². The van der Waals surface area contributed by atoms with Gasteiger partial charge in [-0.2, -0.15) is 0 Å². The van der Waals surface area contributed by atoms with E-state index in [-0.39, 0.29) is 0 Å². The standard InChI is InChI=1S/C14H29N3/c1-2-8-16-10-12-17(13-11-16)9-6-14-5-3-4-7-15-14/h14-15H,2-13H2,1H3. The van der Waals surface area contributed by atoms with Crippen molar-refractivity contribution in [1.82, 2.24) is 15.1 Å². The topological polar surface area (TPSA) is 18.5 Å². The van der Waals surface area contributed by atoms with E-state index in [0.717, 1.165) is 6.04 Å². The van der Waals surface area contributed by atoms with Gasteiger partial charge >= 0.3 is 0 Å². The van der Waals surface area contributed by atoms with Crippen molar-refractivity contribution in [3.8, 4) is 0 Å². The average molecular weight is 239 g/mol. The third kappa shape index (κ3) is 4.57. The maximum absolute atomic E-state index is 3.65. The molecule has 2 rings (SSSR count). The molecule has 0 aromatic heterocycles. The van der Waals surface area contributed by atoms with Crippen LogP contribution in [-0.2, 0) is 0 Å². The molecule has 0 spiro atoms. The van der Waals surface area contributed by atoms with E-state index in [1.54, 1.807) is 0 Å². The van der Waals surface area contributed by atoms with Gasteiger partial charge in [0, 0.05) is 32.2 Å². The molecular weight excluding hydrogens is 210 g/mol. The predicted octanol–water partition coefficient (Wildman–Crippen LogP) is 1.55. The quantitative estimate of drug-likeness (QED) is 0.785. The van der Waals surface area contributed by atoms with Crippen molar-refractivity contribution in [1.29, 1.82) is 0 Å². The predicted molar refractivity (Wildman–Crippen MR) is 73.4 cm³/mol. The number of rotatable bonds is 5. The molecule has 3 heteroatoms. The minimum atomic E-state index is 0.803. The van der Waals surface area contributed by atoms with Crippen LogP contribution in [0.2, 0.25) is 0 Å². The highest BCUT2D eigenvalue weighted by Gasteiger charge is 2.18. The molecule has 0 amide bonds. The third-order valence-electron chi connectivity index (χ3n) is 4.21. The second kappa shape index (κ2) is 7.34. The van der Waals surface area contributed by atoms with Crippen LogP contribution in [0, 0.1) is 0 Å². The normalized spacial score (nSPS) is 28.4. The van der Waals surface area contributed by atoms with Crippen molar-refractivity contribution in [3.63, 3.8) is 0 Å². The summed E-state index contributed by atoms with van der Waals surface area (Å²) in [6.45, 7) is 11.3. The van der Waals surface area contributed by atoms with E-state index in [4.69, 9.17) is 0 Å². The first-order chi connectivity index (χ1) is 8.38. The molecule has 2 aliphatic heterocycles. The zero-order chi connectivity index (χ0) is 11.9. The summed E-state index contributed by atoms with van der Waals surface area (Å²) in [4.78, 5) is 5.26. The van der Waals surface area contributed by atoms with E-state index < -0.39 is 0 Å². The first kappa shape index (κ1) is 13.3. The Balaban J connectivity index is 1.57. The second-order valence-corrected chi connectivity index (χ2v) is 5.62. The molecule has 0 saturated carbocycles. The molecule has 1 unspecified atom stereocenters. The Kier molecular flexibility index (Phi) is 5.75. The van der Waals surface area contributed by atoms with Crippen molar-refractivity contribution < 1.29 is 0 Å². The molecule has 0 bridgehead atoms. The van der Waals surface area contributed by atoms with Crippen molar-refractivity contribution in [2.75, 3.05) is 45.8 Å². The van der Waals surface area contributed by atoms with Crippen LogP contribution >= 0.6 is 0 Å². The van der Waals surface area contributed by atoms with Gasteiger partial charge in [0.2, 0.25) is 0 Å². The van der Waals surface area contributed by atoms with Crippen molar-refractivity contribution in [3.05, 3.63) is 0 Å². The number of nitrogens with one attached hydrogen (secondary N) is 1. The van der Waals surface area contributed by atoms with Gasteiger partial charge in [0.05, 0.1) is 0 Å². The largest absolute Gasteiger partial charge is 0.314 e. The third-order valence-corrected chi connectivity index (χ3v) is 4.21. The van der Waals surface area contributed by atoms with Crippen molar-refractivity contribution in [2.24, 2.45) is 0 Å². The SMILES string of the molecule is CCCN1CCN(CCC2CCCCN2)CC1. The number of nitrogens with zero attached hydrogens (tertiary/aromatic N) is 2. The molecule has 2 aliphatic rings. The molecule has 1 N–H and O–H groups in total. The average Bonchev–Trinajstić information content (AvgIpc) is 2.40. The summed E-state index contributed by atoms with van der Waals surface area (Å²) in [6.07, 6.45) is 6.86. The van der Waals surface area contributed by atoms with Crippen LogP contribution in [0.15, 0.2) is 0 Å². The Morgan fingerprint density at radius 2 is 1.71 bits per heavy atom. The summed E-state index contributed by atoms with van der Waals surface area (Å²) < 4.78 is 0. The number of hydrogen-bond donors (Lipinski definition) is 1. The fourth-order valence-electron chi connectivity index (χ4n) is 3.06. The molecule has 0 aromatic rings. The molecule has 2 saturated heterocycles. The summed E-state index contributed by atoms with van der Waals surface area (Å²) in [7, 11) is 0. The van der Waals surface area contributed by atoms with Gasteiger partial charge in [0.1, 0.15) is 0 Å². The maximum atomic E-state index is 3.65. The molecule has 100 valence electrons. The number of piperazine rings is 1. The molecule has 17 heavy (non-hydrogen) atoms. The Morgan fingerprint density at radius 3 is 2.29 bits per heavy atom. The molecule has 0 radical (unpaired) electrons. The summed E-state index contributed by atoms with van der Waals surface area (Å²) >= 11 is 0. The summed E-state index contributed by atoms with van der Waals surface area (Å²) in [5.74, 6) is 0. The van der Waals surface area contributed by atoms with Crippen LogP contribution in [-0.4, -0.2) is 61.7 Å². The summed E-state index contributed by atoms with van der Waals surface area (Å²) in [5, 5.41) is 3.65. The molecule has 2 fully saturated rings. The highest BCUT2D eigenvalue weighted by Crippen LogP contribution is 2.11. The van der Waals surface area contributed by atoms with E-state index in [2.05, 4.69) is 22.0 Å². The minimum absolute atomic E-state index is 0.803. The fourth-order valence-corrected chi connectivity index (χ4v) is 3.06. The summed E-state index contributed by atoms with van der Waals surface area (Å²) in [5.41, 5.74) is 0. The lowest BCUT2D eigenvalue weighted by Crippen LogP contribution is -2.47. The smallest absolute Gasteiger partial charge is 0.0110 e. The molecule has 0 aromatic carbocycles. The van der Waals surface area contributed by atoms with Crippen LogP contribution in [0.25, 0.3) is 0 Å². The van der Waals surface area contributed by atoms with Gasteiger partial charge in [-0.1, -0.05) is 13.3 Å². The van der Waals surface area contributed by atoms with Gasteiger partial charge in [0.25, 0.3) is 0 Å². The second-order valence-electron chi connectivity index (χ2n) is 5.62. The first-order valence-corrected chi connectivity index (χ1v) is 7.56. The monoisotopic (exact) mass is 239 g/mol. The van der Waals surface area contributed by atoms with Gasteiger partial charge in [-0.05, 0) is 45.3 Å². The number of piperidine rings is 1. The van der Waals surface area contributed by atoms with Gasteiger partial charge in [-0.3, -0.25) is 0 Å². The zero-order valence-electron chi connectivity index (χ0n) is 11.5. The van der Waals surface area contributed by atoms with Gasteiger partial charge < -0.3 is 15.1 Å². The first-order valence-electron chi connectivity index (χ1n) is 7.56. The van der Waals surface area contributed by atoms with E-state index in [1.165, 1.54) is 77.9 Å². The van der Waals surface area contributed by atoms with Gasteiger partial charge in [-0.15, -0.1) is 0 Å². The van der Waals surface area contributed by atoms with E-state index in [1.807, 2.05) is 0 Å². The Morgan fingerprint density at radius 1 is 1.00 bits per heavy atom. The lowest BCUT2D eigenvalue weighted by molar-refractivity contribution is 0.127. The van der Waals surface area contributed by atoms with E-state index >= 15 is 0 Å². The Hall–Kier alpha value is -0.120. The highest BCUT2D eigenvalue weighted by atomic mass is 15.3. The molecule has 2 heterocycles. The maximum Gasteiger partial charge on any atom is 0.0110 e. The van der Waals surface area contributed by atoms with E-state index in [0.29, 0.717) is 0 Å². The lowest BCUT2D eigenvalue weighted by Gasteiger charge is -2.35. The highest BCUT2D eigenvalue weighted by molar-refractivity contribution is 4.76. The number of hydrogen-bond acceptors (Lipinski definition) is 3. The van der Waals surface area contributed by atoms with Gasteiger partial charge in [0.15, 0.2) is 0 Å². The van der Waals surface area contributed by atoms with Crippen molar-refractivity contribution >= 4 is 0 Å². The van der Waals surface area contributed by atoms with Crippen molar-refractivity contribution in [2.45, 2.75) is 45.1 Å². The van der Waals surface area contributed by atoms with E-state index in [9.17, 15) is 0 Å². The van der Waals surface area contributed by atoms with Gasteiger partial charge in [-0.25, -0.2) is 0 Å². The molecule has 3 nitrogen and oxygen atoms in total. The molecule has 1 atom stereocenters. The lowest BCUT2D eigenvalue weighted by atomic mass is 10.0. The molecule has 0 aliphatic carbocycles. The fraction of sp³-hybridized carbons (Fsp3) is 1.00. The summed E-state index contributed by atoms with van der Waals surface area (Å²) in [6, 6.07) is 0.803. The molecular formula is C14H29N3. The van der Waals surface area contributed by atoms with Crippen LogP contribution in [0.3, 0.4) is 0 Å². The Labute approximate surface area is 107 Å².